The van der Waals surface area contributed by atoms with E-state index in [2.05, 4.69) is 20.9 Å². The standard InChI is InChI=1S/C10H9BrN2O/c1-14-9-3-2-8(11)7-4-6(12)5-13-10(7)9/h2-5H,12H2,1H3. The van der Waals surface area contributed by atoms with Crippen molar-refractivity contribution in [2.45, 2.75) is 0 Å². The highest BCUT2D eigenvalue weighted by atomic mass is 79.9. The van der Waals surface area contributed by atoms with Crippen molar-refractivity contribution in [2.24, 2.45) is 0 Å². The molecule has 3 nitrogen and oxygen atoms in total. The topological polar surface area (TPSA) is 48.1 Å². The monoisotopic (exact) mass is 252 g/mol. The molecule has 0 saturated carbocycles. The number of nitrogens with two attached hydrogens (primary N) is 1. The molecule has 4 heteroatoms. The van der Waals surface area contributed by atoms with E-state index in [1.807, 2.05) is 18.2 Å². The van der Waals surface area contributed by atoms with Crippen molar-refractivity contribution in [3.63, 3.8) is 0 Å². The fourth-order valence-electron chi connectivity index (χ4n) is 1.34. The first-order valence-electron chi connectivity index (χ1n) is 4.10. The molecule has 2 rings (SSSR count). The largest absolute Gasteiger partial charge is 0.494 e. The maximum Gasteiger partial charge on any atom is 0.145 e. The van der Waals surface area contributed by atoms with E-state index >= 15 is 0 Å². The number of aromatic nitrogens is 1. The first-order valence-corrected chi connectivity index (χ1v) is 4.89. The third kappa shape index (κ3) is 1.42. The zero-order valence-electron chi connectivity index (χ0n) is 7.62. The van der Waals surface area contributed by atoms with E-state index in [0.717, 1.165) is 21.1 Å². The maximum atomic E-state index is 5.66. The predicted octanol–water partition coefficient (Wildman–Crippen LogP) is 2.59. The Kier molecular flexibility index (Phi) is 2.29. The summed E-state index contributed by atoms with van der Waals surface area (Å²) in [4.78, 5) is 4.23. The van der Waals surface area contributed by atoms with Crippen LogP contribution in [0.3, 0.4) is 0 Å². The molecule has 14 heavy (non-hydrogen) atoms. The summed E-state index contributed by atoms with van der Waals surface area (Å²) >= 11 is 3.44. The number of pyridine rings is 1. The first-order chi connectivity index (χ1) is 6.72. The second kappa shape index (κ2) is 3.46. The third-order valence-corrected chi connectivity index (χ3v) is 2.69. The second-order valence-electron chi connectivity index (χ2n) is 2.91. The lowest BCUT2D eigenvalue weighted by atomic mass is 10.2. The van der Waals surface area contributed by atoms with Crippen molar-refractivity contribution in [3.8, 4) is 5.75 Å². The zero-order chi connectivity index (χ0) is 10.1. The molecule has 0 radical (unpaired) electrons. The summed E-state index contributed by atoms with van der Waals surface area (Å²) in [6.07, 6.45) is 1.62. The van der Waals surface area contributed by atoms with Crippen LogP contribution in [0.5, 0.6) is 5.75 Å². The summed E-state index contributed by atoms with van der Waals surface area (Å²) in [5.41, 5.74) is 7.12. The van der Waals surface area contributed by atoms with Crippen molar-refractivity contribution >= 4 is 32.5 Å². The molecule has 0 amide bonds. The number of rotatable bonds is 1. The summed E-state index contributed by atoms with van der Waals surface area (Å²) in [6, 6.07) is 5.66. The number of halogens is 1. The molecule has 0 unspecified atom stereocenters. The molecule has 0 atom stereocenters. The van der Waals surface area contributed by atoms with Gasteiger partial charge in [0.1, 0.15) is 11.3 Å². The van der Waals surface area contributed by atoms with Gasteiger partial charge in [-0.25, -0.2) is 0 Å². The summed E-state index contributed by atoms with van der Waals surface area (Å²) < 4.78 is 6.16. The molecule has 0 spiro atoms. The molecule has 1 aromatic carbocycles. The maximum absolute atomic E-state index is 5.66. The highest BCUT2D eigenvalue weighted by Crippen LogP contribution is 2.30. The van der Waals surface area contributed by atoms with Crippen molar-refractivity contribution in [3.05, 3.63) is 28.9 Å². The predicted molar refractivity (Wildman–Crippen MR) is 60.4 cm³/mol. The number of ether oxygens (including phenoxy) is 1. The summed E-state index contributed by atoms with van der Waals surface area (Å²) in [5, 5.41) is 0.962. The van der Waals surface area contributed by atoms with E-state index in [0.29, 0.717) is 5.69 Å². The molecular weight excluding hydrogens is 244 g/mol. The number of nitrogen functional groups attached to an aromatic ring is 1. The van der Waals surface area contributed by atoms with Crippen LogP contribution in [0.15, 0.2) is 28.9 Å². The molecule has 0 saturated heterocycles. The van der Waals surface area contributed by atoms with Crippen LogP contribution in [-0.2, 0) is 0 Å². The van der Waals surface area contributed by atoms with Gasteiger partial charge in [-0.1, -0.05) is 15.9 Å². The van der Waals surface area contributed by atoms with Gasteiger partial charge >= 0.3 is 0 Å². The van der Waals surface area contributed by atoms with Crippen molar-refractivity contribution < 1.29 is 4.74 Å². The average Bonchev–Trinajstić information content (AvgIpc) is 2.19. The fourth-order valence-corrected chi connectivity index (χ4v) is 1.78. The summed E-state index contributed by atoms with van der Waals surface area (Å²) in [6.45, 7) is 0. The van der Waals surface area contributed by atoms with E-state index in [1.54, 1.807) is 13.3 Å². The van der Waals surface area contributed by atoms with Crippen molar-refractivity contribution in [1.82, 2.24) is 4.98 Å². The van der Waals surface area contributed by atoms with Crippen LogP contribution in [0.4, 0.5) is 5.69 Å². The number of benzene rings is 1. The molecule has 1 aromatic heterocycles. The molecule has 0 aliphatic heterocycles. The highest BCUT2D eigenvalue weighted by molar-refractivity contribution is 9.10. The number of hydrogen-bond acceptors (Lipinski definition) is 3. The van der Waals surface area contributed by atoms with Gasteiger partial charge in [0.15, 0.2) is 0 Å². The molecule has 0 fully saturated rings. The minimum absolute atomic E-state index is 0.645. The Balaban J connectivity index is 2.84. The Bertz CT molecular complexity index is 485. The smallest absolute Gasteiger partial charge is 0.145 e. The quantitative estimate of drug-likeness (QED) is 0.849. The van der Waals surface area contributed by atoms with Gasteiger partial charge in [0.25, 0.3) is 0 Å². The molecule has 0 aliphatic carbocycles. The minimum Gasteiger partial charge on any atom is -0.494 e. The molecule has 72 valence electrons. The van der Waals surface area contributed by atoms with Gasteiger partial charge in [0.05, 0.1) is 19.0 Å². The van der Waals surface area contributed by atoms with Crippen LogP contribution < -0.4 is 10.5 Å². The molecular formula is C10H9BrN2O. The zero-order valence-corrected chi connectivity index (χ0v) is 9.21. The Morgan fingerprint density at radius 2 is 2.21 bits per heavy atom. The van der Waals surface area contributed by atoms with Crippen LogP contribution in [0.1, 0.15) is 0 Å². The Labute approximate surface area is 90.0 Å². The molecule has 1 heterocycles. The van der Waals surface area contributed by atoms with E-state index in [-0.39, 0.29) is 0 Å². The van der Waals surface area contributed by atoms with Crippen LogP contribution in [0.25, 0.3) is 10.9 Å². The second-order valence-corrected chi connectivity index (χ2v) is 3.77. The lowest BCUT2D eigenvalue weighted by Crippen LogP contribution is -1.91. The Hall–Kier alpha value is -1.29. The number of fused-ring (bicyclic) bond motifs is 1. The number of methoxy groups -OCH3 is 1. The van der Waals surface area contributed by atoms with Gasteiger partial charge in [-0.3, -0.25) is 4.98 Å². The van der Waals surface area contributed by atoms with Gasteiger partial charge in [-0.05, 0) is 18.2 Å². The summed E-state index contributed by atoms with van der Waals surface area (Å²) in [7, 11) is 1.63. The third-order valence-electron chi connectivity index (χ3n) is 2.00. The van der Waals surface area contributed by atoms with Gasteiger partial charge in [-0.15, -0.1) is 0 Å². The number of hydrogen-bond donors (Lipinski definition) is 1. The lowest BCUT2D eigenvalue weighted by molar-refractivity contribution is 0.419. The number of nitrogens with zero attached hydrogens (tertiary/aromatic N) is 1. The highest BCUT2D eigenvalue weighted by Gasteiger charge is 2.05. The molecule has 2 N–H and O–H groups in total. The van der Waals surface area contributed by atoms with Gasteiger partial charge in [0, 0.05) is 9.86 Å². The Morgan fingerprint density at radius 3 is 2.93 bits per heavy atom. The van der Waals surface area contributed by atoms with Gasteiger partial charge in [0.2, 0.25) is 0 Å². The van der Waals surface area contributed by atoms with E-state index < -0.39 is 0 Å². The van der Waals surface area contributed by atoms with E-state index in [4.69, 9.17) is 10.5 Å². The SMILES string of the molecule is COc1ccc(Br)c2cc(N)cnc12. The number of anilines is 1. The summed E-state index contributed by atoms with van der Waals surface area (Å²) in [5.74, 6) is 0.753. The van der Waals surface area contributed by atoms with Crippen LogP contribution >= 0.6 is 15.9 Å². The Morgan fingerprint density at radius 1 is 1.43 bits per heavy atom. The minimum atomic E-state index is 0.645. The van der Waals surface area contributed by atoms with Crippen molar-refractivity contribution in [1.29, 1.82) is 0 Å². The van der Waals surface area contributed by atoms with Gasteiger partial charge < -0.3 is 10.5 Å². The van der Waals surface area contributed by atoms with Gasteiger partial charge in [-0.2, -0.15) is 0 Å². The van der Waals surface area contributed by atoms with Crippen molar-refractivity contribution in [2.75, 3.05) is 12.8 Å². The molecule has 0 bridgehead atoms. The average molecular weight is 253 g/mol. The van der Waals surface area contributed by atoms with E-state index in [1.165, 1.54) is 0 Å². The van der Waals surface area contributed by atoms with E-state index in [9.17, 15) is 0 Å². The fraction of sp³-hybridized carbons (Fsp3) is 0.100. The van der Waals surface area contributed by atoms with Crippen LogP contribution in [0.2, 0.25) is 0 Å². The van der Waals surface area contributed by atoms with Crippen LogP contribution in [0, 0.1) is 0 Å². The molecule has 2 aromatic rings. The lowest BCUT2D eigenvalue weighted by Gasteiger charge is -2.06. The van der Waals surface area contributed by atoms with Crippen LogP contribution in [-0.4, -0.2) is 12.1 Å². The first kappa shape index (κ1) is 9.27. The normalized spacial score (nSPS) is 10.4. The molecule has 0 aliphatic rings.